The van der Waals surface area contributed by atoms with Gasteiger partial charge < -0.3 is 0 Å². The zero-order chi connectivity index (χ0) is 19.1. The Kier molecular flexibility index (Phi) is 7.91. The Morgan fingerprint density at radius 1 is 0.889 bits per heavy atom. The van der Waals surface area contributed by atoms with E-state index in [2.05, 4.69) is 19.1 Å². The molecule has 0 atom stereocenters. The molecule has 0 saturated heterocycles. The summed E-state index contributed by atoms with van der Waals surface area (Å²) >= 11 is 0. The minimum absolute atomic E-state index is 0.712. The number of aryl methyl sites for hydroxylation is 1. The largest absolute Gasteiger partial charge is 0.204 e. The average Bonchev–Trinajstić information content (AvgIpc) is 2.70. The summed E-state index contributed by atoms with van der Waals surface area (Å²) in [5.74, 6) is 2.03. The molecule has 3 rings (SSSR count). The van der Waals surface area contributed by atoms with Crippen molar-refractivity contribution >= 4 is 0 Å². The van der Waals surface area contributed by atoms with Gasteiger partial charge in [-0.05, 0) is 99.2 Å². The quantitative estimate of drug-likeness (QED) is 0.426. The van der Waals surface area contributed by atoms with E-state index in [1.165, 1.54) is 76.3 Å². The molecule has 1 aromatic rings. The molecule has 0 radical (unpaired) electrons. The molecule has 0 N–H and O–H groups in total. The first kappa shape index (κ1) is 20.6. The molecule has 150 valence electrons. The lowest BCUT2D eigenvalue weighted by molar-refractivity contribution is 0.152. The van der Waals surface area contributed by atoms with Crippen LogP contribution in [0.3, 0.4) is 0 Å². The van der Waals surface area contributed by atoms with Gasteiger partial charge in [0.1, 0.15) is 0 Å². The number of hydrogen-bond acceptors (Lipinski definition) is 0. The average molecular weight is 375 g/mol. The van der Waals surface area contributed by atoms with Gasteiger partial charge in [-0.15, -0.1) is 0 Å². The van der Waals surface area contributed by atoms with Gasteiger partial charge in [-0.2, -0.15) is 0 Å². The molecule has 27 heavy (non-hydrogen) atoms. The van der Waals surface area contributed by atoms with Gasteiger partial charge in [-0.3, -0.25) is 0 Å². The van der Waals surface area contributed by atoms with E-state index in [9.17, 15) is 8.78 Å². The topological polar surface area (TPSA) is 0 Å². The Morgan fingerprint density at radius 3 is 2.19 bits per heavy atom. The Bertz CT molecular complexity index is 590. The Balaban J connectivity index is 1.36. The molecule has 1 aromatic carbocycles. The fourth-order valence-electron chi connectivity index (χ4n) is 5.28. The normalized spacial score (nSPS) is 29.3. The van der Waals surface area contributed by atoms with Gasteiger partial charge in [-0.25, -0.2) is 8.78 Å². The van der Waals surface area contributed by atoms with Crippen molar-refractivity contribution in [1.29, 1.82) is 0 Å². The second-order valence-corrected chi connectivity index (χ2v) is 8.96. The van der Waals surface area contributed by atoms with Crippen LogP contribution in [0.5, 0.6) is 0 Å². The summed E-state index contributed by atoms with van der Waals surface area (Å²) in [4.78, 5) is 0. The molecule has 0 aliphatic heterocycles. The number of unbranched alkanes of at least 4 members (excludes halogenated alkanes) is 1. The number of rotatable bonds is 7. The Morgan fingerprint density at radius 2 is 1.56 bits per heavy atom. The molecule has 0 spiro atoms. The van der Waals surface area contributed by atoms with Crippen LogP contribution in [0.25, 0.3) is 0 Å². The van der Waals surface area contributed by atoms with E-state index in [4.69, 9.17) is 0 Å². The van der Waals surface area contributed by atoms with Gasteiger partial charge in [0.25, 0.3) is 0 Å². The van der Waals surface area contributed by atoms with Gasteiger partial charge >= 0.3 is 0 Å². The SMILES string of the molecule is CCC/C=C/[C@H]1CC[C@H](C2CCC(CCc3ccc(F)c(F)c3)CC2)CC1. The van der Waals surface area contributed by atoms with Crippen molar-refractivity contribution in [2.24, 2.45) is 23.7 Å². The molecular weight excluding hydrogens is 338 g/mol. The van der Waals surface area contributed by atoms with Crippen molar-refractivity contribution in [3.63, 3.8) is 0 Å². The maximum absolute atomic E-state index is 13.3. The van der Waals surface area contributed by atoms with Crippen LogP contribution < -0.4 is 0 Å². The van der Waals surface area contributed by atoms with Gasteiger partial charge in [0.2, 0.25) is 0 Å². The molecular formula is C25H36F2. The van der Waals surface area contributed by atoms with Crippen molar-refractivity contribution < 1.29 is 8.78 Å². The van der Waals surface area contributed by atoms with Crippen LogP contribution in [0.1, 0.15) is 83.1 Å². The van der Waals surface area contributed by atoms with Crippen LogP contribution in [0.15, 0.2) is 30.4 Å². The van der Waals surface area contributed by atoms with Crippen molar-refractivity contribution in [2.75, 3.05) is 0 Å². The maximum Gasteiger partial charge on any atom is 0.159 e. The number of hydrogen-bond donors (Lipinski definition) is 0. The molecule has 2 heteroatoms. The van der Waals surface area contributed by atoms with Crippen molar-refractivity contribution in [3.8, 4) is 0 Å². The molecule has 2 fully saturated rings. The number of benzene rings is 1. The lowest BCUT2D eigenvalue weighted by atomic mass is 9.68. The molecule has 2 aliphatic rings. The monoisotopic (exact) mass is 374 g/mol. The minimum Gasteiger partial charge on any atom is -0.204 e. The van der Waals surface area contributed by atoms with Crippen LogP contribution in [-0.4, -0.2) is 0 Å². The summed E-state index contributed by atoms with van der Waals surface area (Å²) in [7, 11) is 0. The van der Waals surface area contributed by atoms with E-state index in [0.717, 1.165) is 42.1 Å². The highest BCUT2D eigenvalue weighted by molar-refractivity contribution is 5.17. The molecule has 0 amide bonds. The first-order chi connectivity index (χ1) is 13.2. The second-order valence-electron chi connectivity index (χ2n) is 8.96. The van der Waals surface area contributed by atoms with E-state index in [1.54, 1.807) is 6.07 Å². The number of allylic oxidation sites excluding steroid dienone is 2. The first-order valence-corrected chi connectivity index (χ1v) is 11.3. The fraction of sp³-hybridized carbons (Fsp3) is 0.680. The summed E-state index contributed by atoms with van der Waals surface area (Å²) in [6, 6.07) is 4.36. The smallest absolute Gasteiger partial charge is 0.159 e. The van der Waals surface area contributed by atoms with Crippen LogP contribution in [0.4, 0.5) is 8.78 Å². The predicted octanol–water partition coefficient (Wildman–Crippen LogP) is 7.87. The zero-order valence-corrected chi connectivity index (χ0v) is 16.9. The summed E-state index contributed by atoms with van der Waals surface area (Å²) < 4.78 is 26.4. The van der Waals surface area contributed by atoms with Gasteiger partial charge in [0.05, 0.1) is 0 Å². The first-order valence-electron chi connectivity index (χ1n) is 11.3. The van der Waals surface area contributed by atoms with Gasteiger partial charge in [-0.1, -0.05) is 44.4 Å². The van der Waals surface area contributed by atoms with Crippen LogP contribution in [0.2, 0.25) is 0 Å². The molecule has 0 heterocycles. The molecule has 0 unspecified atom stereocenters. The van der Waals surface area contributed by atoms with Crippen LogP contribution >= 0.6 is 0 Å². The van der Waals surface area contributed by atoms with Gasteiger partial charge in [0.15, 0.2) is 11.6 Å². The third kappa shape index (κ3) is 6.16. The summed E-state index contributed by atoms with van der Waals surface area (Å²) in [6.45, 7) is 2.25. The lowest BCUT2D eigenvalue weighted by Crippen LogP contribution is -2.25. The molecule has 2 aliphatic carbocycles. The molecule has 2 saturated carbocycles. The van der Waals surface area contributed by atoms with E-state index in [-0.39, 0.29) is 0 Å². The summed E-state index contributed by atoms with van der Waals surface area (Å²) in [5.41, 5.74) is 0.936. The van der Waals surface area contributed by atoms with E-state index in [1.807, 2.05) is 0 Å². The maximum atomic E-state index is 13.3. The summed E-state index contributed by atoms with van der Waals surface area (Å²) in [6.07, 6.45) is 20.4. The van der Waals surface area contributed by atoms with E-state index in [0.29, 0.717) is 0 Å². The Hall–Kier alpha value is -1.18. The molecule has 0 bridgehead atoms. The lowest BCUT2D eigenvalue weighted by Gasteiger charge is -2.37. The highest BCUT2D eigenvalue weighted by atomic mass is 19.2. The fourth-order valence-corrected chi connectivity index (χ4v) is 5.28. The van der Waals surface area contributed by atoms with Crippen molar-refractivity contribution in [3.05, 3.63) is 47.5 Å². The third-order valence-corrected chi connectivity index (χ3v) is 7.06. The van der Waals surface area contributed by atoms with Crippen molar-refractivity contribution in [1.82, 2.24) is 0 Å². The standard InChI is InChI=1S/C25H36F2/c1-2-3-4-5-19-8-13-22(14-9-19)23-15-10-20(11-16-23)6-7-21-12-17-24(26)25(27)18-21/h4-5,12,17-20,22-23H,2-3,6-11,13-16H2,1H3/b5-4+/t19-,20?,22-,23?. The summed E-state index contributed by atoms with van der Waals surface area (Å²) in [5, 5.41) is 0. The highest BCUT2D eigenvalue weighted by Gasteiger charge is 2.30. The van der Waals surface area contributed by atoms with Crippen molar-refractivity contribution in [2.45, 2.75) is 84.0 Å². The third-order valence-electron chi connectivity index (χ3n) is 7.06. The minimum atomic E-state index is -0.741. The van der Waals surface area contributed by atoms with Crippen LogP contribution in [0, 0.1) is 35.3 Å². The highest BCUT2D eigenvalue weighted by Crippen LogP contribution is 2.42. The Labute approximate surface area is 164 Å². The van der Waals surface area contributed by atoms with E-state index < -0.39 is 11.6 Å². The number of halogens is 2. The zero-order valence-electron chi connectivity index (χ0n) is 16.9. The van der Waals surface area contributed by atoms with Gasteiger partial charge in [0, 0.05) is 0 Å². The predicted molar refractivity (Wildman–Crippen MR) is 110 cm³/mol. The molecule has 0 nitrogen and oxygen atoms in total. The van der Waals surface area contributed by atoms with Crippen LogP contribution in [-0.2, 0) is 6.42 Å². The van der Waals surface area contributed by atoms with E-state index >= 15 is 0 Å². The second kappa shape index (κ2) is 10.4. The molecule has 0 aromatic heterocycles.